The normalized spacial score (nSPS) is 16.0. The number of carbonyl (C=O) groups excluding carboxylic acids is 3. The zero-order valence-electron chi connectivity index (χ0n) is 16.8. The lowest BCUT2D eigenvalue weighted by molar-refractivity contribution is -0.126. The van der Waals surface area contributed by atoms with Crippen molar-refractivity contribution in [1.82, 2.24) is 5.43 Å². The predicted octanol–water partition coefficient (Wildman–Crippen LogP) is 2.38. The average Bonchev–Trinajstić information content (AvgIpc) is 3.16. The number of esters is 1. The van der Waals surface area contributed by atoms with Crippen LogP contribution in [0.3, 0.4) is 0 Å². The molecule has 2 aromatic rings. The van der Waals surface area contributed by atoms with Crippen molar-refractivity contribution in [1.29, 1.82) is 0 Å². The van der Waals surface area contributed by atoms with Crippen molar-refractivity contribution in [2.45, 2.75) is 13.3 Å². The second kappa shape index (κ2) is 9.69. The summed E-state index contributed by atoms with van der Waals surface area (Å²) < 4.78 is 10.1. The van der Waals surface area contributed by atoms with Crippen LogP contribution in [0, 0.1) is 5.92 Å². The molecular weight excluding hydrogens is 386 g/mol. The Morgan fingerprint density at radius 3 is 2.50 bits per heavy atom. The number of carbonyl (C=O) groups is 3. The Kier molecular flexibility index (Phi) is 6.79. The Hall–Kier alpha value is -3.68. The third-order valence-corrected chi connectivity index (χ3v) is 4.68. The summed E-state index contributed by atoms with van der Waals surface area (Å²) in [6.45, 7) is 2.77. The van der Waals surface area contributed by atoms with Gasteiger partial charge in [-0.25, -0.2) is 10.2 Å². The van der Waals surface area contributed by atoms with Crippen LogP contribution in [0.5, 0.6) is 5.75 Å². The Morgan fingerprint density at radius 1 is 1.17 bits per heavy atom. The van der Waals surface area contributed by atoms with Crippen LogP contribution < -0.4 is 15.1 Å². The number of anilines is 1. The van der Waals surface area contributed by atoms with E-state index in [0.717, 1.165) is 11.4 Å². The lowest BCUT2D eigenvalue weighted by Gasteiger charge is -2.17. The number of nitrogens with zero attached hydrogens (tertiary/aromatic N) is 2. The van der Waals surface area contributed by atoms with Gasteiger partial charge in [-0.3, -0.25) is 9.59 Å². The fourth-order valence-corrected chi connectivity index (χ4v) is 3.11. The predicted molar refractivity (Wildman–Crippen MR) is 112 cm³/mol. The van der Waals surface area contributed by atoms with E-state index in [9.17, 15) is 14.4 Å². The summed E-state index contributed by atoms with van der Waals surface area (Å²) in [6.07, 6.45) is 1.60. The fourth-order valence-electron chi connectivity index (χ4n) is 3.11. The van der Waals surface area contributed by atoms with Gasteiger partial charge >= 0.3 is 5.97 Å². The van der Waals surface area contributed by atoms with Crippen LogP contribution in [0.15, 0.2) is 53.6 Å². The molecule has 1 aliphatic heterocycles. The molecule has 30 heavy (non-hydrogen) atoms. The van der Waals surface area contributed by atoms with Crippen LogP contribution in [0.25, 0.3) is 0 Å². The largest absolute Gasteiger partial charge is 0.494 e. The van der Waals surface area contributed by atoms with E-state index in [4.69, 9.17) is 4.74 Å². The van der Waals surface area contributed by atoms with E-state index >= 15 is 0 Å². The number of amides is 2. The van der Waals surface area contributed by atoms with Gasteiger partial charge in [0.05, 0.1) is 31.4 Å². The van der Waals surface area contributed by atoms with Gasteiger partial charge in [0.2, 0.25) is 11.8 Å². The maximum atomic E-state index is 12.4. The summed E-state index contributed by atoms with van der Waals surface area (Å²) in [7, 11) is 1.32. The molecule has 2 amide bonds. The minimum atomic E-state index is -0.483. The van der Waals surface area contributed by atoms with E-state index in [1.54, 1.807) is 53.4 Å². The van der Waals surface area contributed by atoms with Gasteiger partial charge < -0.3 is 14.4 Å². The third kappa shape index (κ3) is 5.02. The van der Waals surface area contributed by atoms with Crippen LogP contribution in [-0.2, 0) is 14.3 Å². The van der Waals surface area contributed by atoms with Gasteiger partial charge in [-0.2, -0.15) is 5.10 Å². The number of benzene rings is 2. The molecule has 0 aliphatic carbocycles. The van der Waals surface area contributed by atoms with E-state index in [1.165, 1.54) is 13.3 Å². The molecule has 1 unspecified atom stereocenters. The third-order valence-electron chi connectivity index (χ3n) is 4.68. The number of methoxy groups -OCH3 is 1. The topological polar surface area (TPSA) is 97.3 Å². The van der Waals surface area contributed by atoms with Crippen LogP contribution >= 0.6 is 0 Å². The van der Waals surface area contributed by atoms with Crippen LogP contribution in [-0.4, -0.2) is 44.3 Å². The number of hydrogen-bond acceptors (Lipinski definition) is 6. The molecule has 3 rings (SSSR count). The summed E-state index contributed by atoms with van der Waals surface area (Å²) in [5.41, 5.74) is 4.35. The molecule has 1 aliphatic rings. The van der Waals surface area contributed by atoms with Gasteiger partial charge in [0.15, 0.2) is 0 Å². The van der Waals surface area contributed by atoms with Gasteiger partial charge in [0.25, 0.3) is 0 Å². The molecule has 0 saturated carbocycles. The molecule has 2 aromatic carbocycles. The van der Waals surface area contributed by atoms with Crippen molar-refractivity contribution < 1.29 is 23.9 Å². The summed E-state index contributed by atoms with van der Waals surface area (Å²) in [5.74, 6) is -0.602. The van der Waals surface area contributed by atoms with Gasteiger partial charge in [0, 0.05) is 18.7 Å². The van der Waals surface area contributed by atoms with Crippen LogP contribution in [0.2, 0.25) is 0 Å². The zero-order valence-corrected chi connectivity index (χ0v) is 16.8. The maximum absolute atomic E-state index is 12.4. The summed E-state index contributed by atoms with van der Waals surface area (Å²) in [6, 6.07) is 13.8. The highest BCUT2D eigenvalue weighted by molar-refractivity contribution is 6.00. The minimum Gasteiger partial charge on any atom is -0.494 e. The molecule has 1 atom stereocenters. The molecule has 1 N–H and O–H groups in total. The molecule has 8 heteroatoms. The van der Waals surface area contributed by atoms with Crippen LogP contribution in [0.1, 0.15) is 29.3 Å². The lowest BCUT2D eigenvalue weighted by Crippen LogP contribution is -2.30. The second-order valence-corrected chi connectivity index (χ2v) is 6.68. The van der Waals surface area contributed by atoms with Crippen molar-refractivity contribution in [3.63, 3.8) is 0 Å². The zero-order chi connectivity index (χ0) is 21.5. The Balaban J connectivity index is 1.55. The van der Waals surface area contributed by atoms with Gasteiger partial charge in [-0.1, -0.05) is 12.1 Å². The van der Waals surface area contributed by atoms with Crippen molar-refractivity contribution >= 4 is 29.7 Å². The highest BCUT2D eigenvalue weighted by atomic mass is 16.5. The maximum Gasteiger partial charge on any atom is 0.337 e. The first-order chi connectivity index (χ1) is 14.5. The second-order valence-electron chi connectivity index (χ2n) is 6.68. The SMILES string of the molecule is CCOc1ccc(N2CC(C(=O)N/N=C\c3ccc(C(=O)OC)cc3)CC2=O)cc1. The first-order valence-electron chi connectivity index (χ1n) is 9.56. The summed E-state index contributed by atoms with van der Waals surface area (Å²) >= 11 is 0. The molecule has 1 saturated heterocycles. The molecular formula is C22H23N3O5. The average molecular weight is 409 g/mol. The molecule has 1 fully saturated rings. The number of hydrazone groups is 1. The van der Waals surface area contributed by atoms with Gasteiger partial charge in [0.1, 0.15) is 5.75 Å². The summed E-state index contributed by atoms with van der Waals surface area (Å²) in [4.78, 5) is 37.8. The fraction of sp³-hybridized carbons (Fsp3) is 0.273. The monoisotopic (exact) mass is 409 g/mol. The molecule has 156 valence electrons. The minimum absolute atomic E-state index is 0.110. The van der Waals surface area contributed by atoms with Gasteiger partial charge in [-0.15, -0.1) is 0 Å². The molecule has 0 aromatic heterocycles. The highest BCUT2D eigenvalue weighted by Crippen LogP contribution is 2.27. The standard InChI is InChI=1S/C22H23N3O5/c1-3-30-19-10-8-18(9-11-19)25-14-17(12-20(25)26)21(27)24-23-13-15-4-6-16(7-5-15)22(28)29-2/h4-11,13,17H,3,12,14H2,1-2H3,(H,24,27)/b23-13-. The molecule has 8 nitrogen and oxygen atoms in total. The van der Waals surface area contributed by atoms with Crippen molar-refractivity contribution in [2.24, 2.45) is 11.0 Å². The Bertz CT molecular complexity index is 938. The Labute approximate surface area is 174 Å². The van der Waals surface area contributed by atoms with Crippen molar-refractivity contribution in [2.75, 3.05) is 25.2 Å². The van der Waals surface area contributed by atoms with E-state index < -0.39 is 11.9 Å². The first-order valence-corrected chi connectivity index (χ1v) is 9.56. The number of rotatable bonds is 7. The molecule has 0 spiro atoms. The first kappa shape index (κ1) is 21.0. The van der Waals surface area contributed by atoms with E-state index in [1.807, 2.05) is 6.92 Å². The molecule has 0 radical (unpaired) electrons. The molecule has 1 heterocycles. The van der Waals surface area contributed by atoms with Crippen LogP contribution in [0.4, 0.5) is 5.69 Å². The van der Waals surface area contributed by atoms with Crippen molar-refractivity contribution in [3.05, 3.63) is 59.7 Å². The van der Waals surface area contributed by atoms with E-state index in [2.05, 4.69) is 15.3 Å². The number of ether oxygens (including phenoxy) is 2. The smallest absolute Gasteiger partial charge is 0.337 e. The molecule has 0 bridgehead atoms. The highest BCUT2D eigenvalue weighted by Gasteiger charge is 2.35. The van der Waals surface area contributed by atoms with Crippen molar-refractivity contribution in [3.8, 4) is 5.75 Å². The quantitative estimate of drug-likeness (QED) is 0.430. The van der Waals surface area contributed by atoms with Gasteiger partial charge in [-0.05, 0) is 48.9 Å². The van der Waals surface area contributed by atoms with E-state index in [0.29, 0.717) is 24.3 Å². The van der Waals surface area contributed by atoms with E-state index in [-0.39, 0.29) is 18.2 Å². The summed E-state index contributed by atoms with van der Waals surface area (Å²) in [5, 5.41) is 3.95. The number of hydrogen-bond donors (Lipinski definition) is 1. The lowest BCUT2D eigenvalue weighted by atomic mass is 10.1. The number of nitrogens with one attached hydrogen (secondary N) is 1. The Morgan fingerprint density at radius 2 is 1.87 bits per heavy atom.